The predicted octanol–water partition coefficient (Wildman–Crippen LogP) is 6.16. The fraction of sp³-hybridized carbons (Fsp3) is 0.519. The Labute approximate surface area is 251 Å². The molecule has 0 aliphatic heterocycles. The molecule has 1 saturated carbocycles. The fourth-order valence-electron chi connectivity index (χ4n) is 5.08. The first-order valence-corrected chi connectivity index (χ1v) is 15.7. The minimum atomic E-state index is -3.96. The van der Waals surface area contributed by atoms with E-state index >= 15 is 0 Å². The number of likely N-dealkylation sites (N-methyl/N-ethyl adjacent to an activating group) is 1. The molecular weight excluding hydrogens is 604 g/mol. The average molecular weight is 639 g/mol. The molecule has 0 spiro atoms. The van der Waals surface area contributed by atoms with Crippen molar-refractivity contribution in [3.63, 3.8) is 0 Å². The van der Waals surface area contributed by atoms with Gasteiger partial charge in [-0.1, -0.05) is 58.5 Å². The van der Waals surface area contributed by atoms with Crippen molar-refractivity contribution in [3.05, 3.63) is 62.1 Å². The molecule has 2 aromatic carbocycles. The molecule has 0 radical (unpaired) electrons. The van der Waals surface area contributed by atoms with Crippen LogP contribution in [0.15, 0.2) is 41.3 Å². The van der Waals surface area contributed by atoms with Gasteiger partial charge in [-0.05, 0) is 81.4 Å². The molecular formula is C27H35Cl4N3O4S. The van der Waals surface area contributed by atoms with Gasteiger partial charge in [-0.15, -0.1) is 0 Å². The zero-order valence-corrected chi connectivity index (χ0v) is 26.1. The molecule has 0 aromatic heterocycles. The average Bonchev–Trinajstić information content (AvgIpc) is 2.86. The van der Waals surface area contributed by atoms with Gasteiger partial charge in [-0.2, -0.15) is 4.31 Å². The summed E-state index contributed by atoms with van der Waals surface area (Å²) in [6.45, 7) is 0.512. The summed E-state index contributed by atoms with van der Waals surface area (Å²) in [6.07, 6.45) is 4.26. The lowest BCUT2D eigenvalue weighted by atomic mass is 9.76. The maximum atomic E-state index is 12.9. The number of carbonyl (C=O) groups is 1. The molecule has 3 rings (SSSR count). The second-order valence-corrected chi connectivity index (χ2v) is 13.8. The molecule has 12 heteroatoms. The number of halogens is 4. The van der Waals surface area contributed by atoms with Crippen LogP contribution < -0.4 is 5.32 Å². The van der Waals surface area contributed by atoms with Crippen molar-refractivity contribution in [1.29, 1.82) is 0 Å². The van der Waals surface area contributed by atoms with E-state index in [1.165, 1.54) is 24.7 Å². The van der Waals surface area contributed by atoms with Crippen molar-refractivity contribution in [3.8, 4) is 0 Å². The molecule has 1 N–H and O–H groups in total. The van der Waals surface area contributed by atoms with Crippen molar-refractivity contribution >= 4 is 62.3 Å². The topological polar surface area (TPSA) is 79.0 Å². The zero-order valence-electron chi connectivity index (χ0n) is 22.3. The van der Waals surface area contributed by atoms with Gasteiger partial charge in [0.1, 0.15) is 11.5 Å². The highest BCUT2D eigenvalue weighted by Crippen LogP contribution is 2.39. The van der Waals surface area contributed by atoms with Crippen LogP contribution in [0.4, 0.5) is 0 Å². The van der Waals surface area contributed by atoms with Gasteiger partial charge in [0, 0.05) is 36.2 Å². The first-order chi connectivity index (χ1) is 18.4. The van der Waals surface area contributed by atoms with Crippen LogP contribution in [0.2, 0.25) is 20.1 Å². The van der Waals surface area contributed by atoms with Gasteiger partial charge >= 0.3 is 0 Å². The third-order valence-electron chi connectivity index (χ3n) is 7.11. The van der Waals surface area contributed by atoms with Crippen LogP contribution in [0.5, 0.6) is 0 Å². The summed E-state index contributed by atoms with van der Waals surface area (Å²) in [4.78, 5) is 14.4. The minimum absolute atomic E-state index is 0.0234. The van der Waals surface area contributed by atoms with Crippen molar-refractivity contribution in [2.24, 2.45) is 11.8 Å². The summed E-state index contributed by atoms with van der Waals surface area (Å²) in [7, 11) is 1.66. The van der Waals surface area contributed by atoms with Gasteiger partial charge in [-0.3, -0.25) is 4.79 Å². The number of nitrogens with one attached hydrogen (secondary N) is 1. The molecule has 7 nitrogen and oxygen atoms in total. The van der Waals surface area contributed by atoms with Gasteiger partial charge in [0.2, 0.25) is 15.9 Å². The van der Waals surface area contributed by atoms with E-state index in [0.29, 0.717) is 24.4 Å². The molecule has 0 heterocycles. The Morgan fingerprint density at radius 1 is 0.974 bits per heavy atom. The van der Waals surface area contributed by atoms with Gasteiger partial charge < -0.3 is 15.0 Å². The van der Waals surface area contributed by atoms with Gasteiger partial charge in [0.05, 0.1) is 16.7 Å². The van der Waals surface area contributed by atoms with Crippen LogP contribution in [0.3, 0.4) is 0 Å². The quantitative estimate of drug-likeness (QED) is 0.282. The van der Waals surface area contributed by atoms with Crippen molar-refractivity contribution in [1.82, 2.24) is 14.5 Å². The first kappa shape index (κ1) is 32.4. The number of rotatable bonds is 12. The predicted molar refractivity (Wildman–Crippen MR) is 158 cm³/mol. The maximum Gasteiger partial charge on any atom is 0.246 e. The minimum Gasteiger partial charge on any atom is -0.370 e. The van der Waals surface area contributed by atoms with Crippen molar-refractivity contribution in [2.75, 3.05) is 47.4 Å². The zero-order chi connectivity index (χ0) is 28.7. The number of ether oxygens (including phenoxy) is 1. The standard InChI is InChI=1S/C27H35Cl4N3O4S/c1-33(2)26(20-8-10-21(28)11-9-20)19-6-4-18(5-7-19)16-32-25(35)17-38-13-12-34(3)39(36,37)27-23(30)14-22(29)15-24(27)31/h8-11,14-15,18-19,26H,4-7,12-13,16-17H2,1-3H3,(H,32,35). The number of hydrogen-bond donors (Lipinski definition) is 1. The Morgan fingerprint density at radius 3 is 2.13 bits per heavy atom. The summed E-state index contributed by atoms with van der Waals surface area (Å²) in [6, 6.07) is 11.1. The fourth-order valence-corrected chi connectivity index (χ4v) is 7.84. The lowest BCUT2D eigenvalue weighted by Crippen LogP contribution is -2.36. The SMILES string of the molecule is CN(C)C(c1ccc(Cl)cc1)C1CCC(CNC(=O)COCCN(C)S(=O)(=O)c2c(Cl)cc(Cl)cc2Cl)CC1. The second kappa shape index (κ2) is 14.7. The van der Waals surface area contributed by atoms with Crippen LogP contribution in [0.1, 0.15) is 37.3 Å². The summed E-state index contributed by atoms with van der Waals surface area (Å²) in [5.41, 5.74) is 1.27. The first-order valence-electron chi connectivity index (χ1n) is 12.8. The van der Waals surface area contributed by atoms with E-state index in [4.69, 9.17) is 51.1 Å². The van der Waals surface area contributed by atoms with Crippen LogP contribution in [-0.4, -0.2) is 71.0 Å². The van der Waals surface area contributed by atoms with Crippen LogP contribution in [0.25, 0.3) is 0 Å². The Morgan fingerprint density at radius 2 is 1.56 bits per heavy atom. The molecule has 1 aliphatic rings. The van der Waals surface area contributed by atoms with Crippen LogP contribution >= 0.6 is 46.4 Å². The molecule has 216 valence electrons. The lowest BCUT2D eigenvalue weighted by molar-refractivity contribution is -0.126. The van der Waals surface area contributed by atoms with Gasteiger partial charge in [-0.25, -0.2) is 8.42 Å². The van der Waals surface area contributed by atoms with E-state index < -0.39 is 10.0 Å². The monoisotopic (exact) mass is 637 g/mol. The van der Waals surface area contributed by atoms with Crippen LogP contribution in [0, 0.1) is 11.8 Å². The largest absolute Gasteiger partial charge is 0.370 e. The summed E-state index contributed by atoms with van der Waals surface area (Å²) in [5.74, 6) is 0.740. The summed E-state index contributed by atoms with van der Waals surface area (Å²) >= 11 is 24.1. The number of nitrogens with zero attached hydrogens (tertiary/aromatic N) is 2. The molecule has 1 unspecified atom stereocenters. The van der Waals surface area contributed by atoms with E-state index in [1.54, 1.807) is 0 Å². The molecule has 1 atom stereocenters. The number of amides is 1. The smallest absolute Gasteiger partial charge is 0.246 e. The Kier molecular flexibility index (Phi) is 12.2. The lowest BCUT2D eigenvalue weighted by Gasteiger charge is -2.37. The van der Waals surface area contributed by atoms with E-state index in [1.807, 2.05) is 12.1 Å². The molecule has 39 heavy (non-hydrogen) atoms. The molecule has 0 bridgehead atoms. The third-order valence-corrected chi connectivity index (χ3v) is 10.4. The highest BCUT2D eigenvalue weighted by Gasteiger charge is 2.30. The highest BCUT2D eigenvalue weighted by molar-refractivity contribution is 7.89. The third kappa shape index (κ3) is 8.94. The molecule has 1 amide bonds. The molecule has 1 aliphatic carbocycles. The Balaban J connectivity index is 1.38. The Hall–Kier alpha value is -1.10. The summed E-state index contributed by atoms with van der Waals surface area (Å²) in [5, 5.41) is 3.82. The second-order valence-electron chi connectivity index (χ2n) is 10.1. The Bertz CT molecular complexity index is 1200. The normalized spacial score (nSPS) is 18.9. The van der Waals surface area contributed by atoms with Crippen LogP contribution in [-0.2, 0) is 19.6 Å². The van der Waals surface area contributed by atoms with E-state index in [2.05, 4.69) is 36.4 Å². The number of sulfonamides is 1. The van der Waals surface area contributed by atoms with E-state index in [0.717, 1.165) is 35.0 Å². The molecule has 2 aromatic rings. The van der Waals surface area contributed by atoms with Gasteiger partial charge in [0.25, 0.3) is 0 Å². The molecule has 1 fully saturated rings. The summed E-state index contributed by atoms with van der Waals surface area (Å²) < 4.78 is 32.2. The number of carbonyl (C=O) groups excluding carboxylic acids is 1. The maximum absolute atomic E-state index is 12.9. The van der Waals surface area contributed by atoms with Gasteiger partial charge in [0.15, 0.2) is 0 Å². The van der Waals surface area contributed by atoms with E-state index in [-0.39, 0.29) is 45.6 Å². The van der Waals surface area contributed by atoms with Crippen molar-refractivity contribution < 1.29 is 17.9 Å². The molecule has 0 saturated heterocycles. The highest BCUT2D eigenvalue weighted by atomic mass is 35.5. The van der Waals surface area contributed by atoms with E-state index in [9.17, 15) is 13.2 Å². The number of hydrogen-bond acceptors (Lipinski definition) is 5. The number of benzene rings is 2. The van der Waals surface area contributed by atoms with Crippen molar-refractivity contribution in [2.45, 2.75) is 36.6 Å².